The smallest absolute Gasteiger partial charge is 0.230 e. The standard InChI is InChI=1S/C33H35Cl2F2N3O/c1-22-20-33(28-19-26(37)9-11-31(28)39(22)3)13-16-40(17-14-33)15-12-27(24-6-10-29(34)30(35)18-24)32(41)38(2)21-23-4-7-25(36)8-5-23/h4-11,18-19,27H,1,12-17,20-21H2,2-3H3. The fourth-order valence-corrected chi connectivity index (χ4v) is 6.64. The van der Waals surface area contributed by atoms with E-state index in [1.54, 1.807) is 42.3 Å². The second-order valence-electron chi connectivity index (χ2n) is 11.4. The Morgan fingerprint density at radius 2 is 1.68 bits per heavy atom. The number of halogens is 4. The summed E-state index contributed by atoms with van der Waals surface area (Å²) in [5.41, 5.74) is 4.69. The van der Waals surface area contributed by atoms with Crippen molar-refractivity contribution in [1.82, 2.24) is 9.80 Å². The highest BCUT2D eigenvalue weighted by Crippen LogP contribution is 2.49. The van der Waals surface area contributed by atoms with Crippen molar-refractivity contribution in [3.63, 3.8) is 0 Å². The van der Waals surface area contributed by atoms with Gasteiger partial charge in [-0.3, -0.25) is 4.79 Å². The van der Waals surface area contributed by atoms with Crippen molar-refractivity contribution in [1.29, 1.82) is 0 Å². The van der Waals surface area contributed by atoms with Gasteiger partial charge < -0.3 is 14.7 Å². The molecule has 1 fully saturated rings. The molecule has 1 spiro atoms. The molecule has 3 aromatic rings. The van der Waals surface area contributed by atoms with Gasteiger partial charge in [-0.25, -0.2) is 8.78 Å². The maximum Gasteiger partial charge on any atom is 0.230 e. The van der Waals surface area contributed by atoms with Crippen LogP contribution in [0.5, 0.6) is 0 Å². The molecule has 1 atom stereocenters. The third kappa shape index (κ3) is 6.30. The van der Waals surface area contributed by atoms with E-state index in [9.17, 15) is 13.6 Å². The number of likely N-dealkylation sites (N-methyl/N-ethyl adjacent to an activating group) is 1. The van der Waals surface area contributed by atoms with Crippen molar-refractivity contribution < 1.29 is 13.6 Å². The summed E-state index contributed by atoms with van der Waals surface area (Å²) in [6, 6.07) is 16.6. The van der Waals surface area contributed by atoms with Crippen LogP contribution < -0.4 is 4.90 Å². The Morgan fingerprint density at radius 3 is 2.37 bits per heavy atom. The van der Waals surface area contributed by atoms with Crippen LogP contribution in [0, 0.1) is 11.6 Å². The molecule has 8 heteroatoms. The van der Waals surface area contributed by atoms with E-state index in [4.69, 9.17) is 23.2 Å². The van der Waals surface area contributed by atoms with Crippen LogP contribution in [0.2, 0.25) is 10.0 Å². The molecule has 4 nitrogen and oxygen atoms in total. The first kappa shape index (κ1) is 29.6. The highest BCUT2D eigenvalue weighted by Gasteiger charge is 2.42. The van der Waals surface area contributed by atoms with Gasteiger partial charge in [0, 0.05) is 37.4 Å². The average Bonchev–Trinajstić information content (AvgIpc) is 2.96. The normalized spacial score (nSPS) is 17.4. The van der Waals surface area contributed by atoms with E-state index < -0.39 is 5.92 Å². The molecule has 0 saturated carbocycles. The van der Waals surface area contributed by atoms with Crippen molar-refractivity contribution >= 4 is 34.8 Å². The van der Waals surface area contributed by atoms with Gasteiger partial charge in [0.05, 0.1) is 16.0 Å². The first-order valence-corrected chi connectivity index (χ1v) is 14.7. The molecule has 5 rings (SSSR count). The van der Waals surface area contributed by atoms with Gasteiger partial charge in [0.25, 0.3) is 0 Å². The van der Waals surface area contributed by atoms with Crippen molar-refractivity contribution in [2.75, 3.05) is 38.6 Å². The van der Waals surface area contributed by atoms with Crippen LogP contribution in [0.25, 0.3) is 0 Å². The lowest BCUT2D eigenvalue weighted by atomic mass is 9.67. The minimum absolute atomic E-state index is 0.0304. The molecule has 1 saturated heterocycles. The van der Waals surface area contributed by atoms with Gasteiger partial charge in [0.1, 0.15) is 11.6 Å². The first-order chi connectivity index (χ1) is 19.6. The topological polar surface area (TPSA) is 26.8 Å². The number of carbonyl (C=O) groups is 1. The van der Waals surface area contributed by atoms with Crippen LogP contribution in [-0.4, -0.2) is 49.4 Å². The number of anilines is 1. The Balaban J connectivity index is 1.30. The summed E-state index contributed by atoms with van der Waals surface area (Å²) in [5.74, 6) is -0.960. The largest absolute Gasteiger partial charge is 0.349 e. The van der Waals surface area contributed by atoms with Gasteiger partial charge in [-0.1, -0.05) is 48.0 Å². The van der Waals surface area contributed by atoms with E-state index in [1.807, 2.05) is 19.2 Å². The quantitative estimate of drug-likeness (QED) is 0.278. The minimum Gasteiger partial charge on any atom is -0.349 e. The summed E-state index contributed by atoms with van der Waals surface area (Å²) in [6.07, 6.45) is 3.21. The number of amides is 1. The minimum atomic E-state index is -0.413. The summed E-state index contributed by atoms with van der Waals surface area (Å²) in [4.78, 5) is 19.9. The lowest BCUT2D eigenvalue weighted by molar-refractivity contribution is -0.132. The molecule has 41 heavy (non-hydrogen) atoms. The second kappa shape index (κ2) is 12.1. The molecule has 2 aliphatic heterocycles. The summed E-state index contributed by atoms with van der Waals surface area (Å²) in [7, 11) is 3.76. The molecule has 2 aliphatic rings. The summed E-state index contributed by atoms with van der Waals surface area (Å²) in [5, 5.41) is 0.857. The van der Waals surface area contributed by atoms with Crippen LogP contribution in [0.1, 0.15) is 48.3 Å². The third-order valence-electron chi connectivity index (χ3n) is 8.81. The number of carbonyl (C=O) groups excluding carboxylic acids is 1. The zero-order valence-electron chi connectivity index (χ0n) is 23.5. The van der Waals surface area contributed by atoms with Crippen molar-refractivity contribution in [2.45, 2.75) is 43.6 Å². The number of rotatable bonds is 7. The van der Waals surface area contributed by atoms with E-state index in [0.29, 0.717) is 23.0 Å². The number of fused-ring (bicyclic) bond motifs is 2. The first-order valence-electron chi connectivity index (χ1n) is 13.9. The maximum absolute atomic E-state index is 14.3. The van der Waals surface area contributed by atoms with E-state index in [0.717, 1.165) is 67.0 Å². The lowest BCUT2D eigenvalue weighted by Crippen LogP contribution is -2.47. The molecule has 0 N–H and O–H groups in total. The summed E-state index contributed by atoms with van der Waals surface area (Å²) < 4.78 is 27.7. The molecule has 2 heterocycles. The molecule has 0 bridgehead atoms. The molecule has 0 aliphatic carbocycles. The molecule has 216 valence electrons. The third-order valence-corrected chi connectivity index (χ3v) is 9.55. The van der Waals surface area contributed by atoms with Crippen molar-refractivity contribution in [3.8, 4) is 0 Å². The highest BCUT2D eigenvalue weighted by molar-refractivity contribution is 6.42. The van der Waals surface area contributed by atoms with E-state index in [1.165, 1.54) is 18.2 Å². The van der Waals surface area contributed by atoms with Gasteiger partial charge >= 0.3 is 0 Å². The highest BCUT2D eigenvalue weighted by atomic mass is 35.5. The molecular weight excluding hydrogens is 563 g/mol. The Morgan fingerprint density at radius 1 is 1.00 bits per heavy atom. The zero-order valence-corrected chi connectivity index (χ0v) is 25.0. The molecule has 3 aromatic carbocycles. The maximum atomic E-state index is 14.3. The molecule has 1 amide bonds. The second-order valence-corrected chi connectivity index (χ2v) is 12.2. The predicted octanol–water partition coefficient (Wildman–Crippen LogP) is 7.79. The number of benzene rings is 3. The van der Waals surface area contributed by atoms with E-state index >= 15 is 0 Å². The van der Waals surface area contributed by atoms with Crippen LogP contribution in [-0.2, 0) is 16.8 Å². The van der Waals surface area contributed by atoms with Crippen LogP contribution in [0.3, 0.4) is 0 Å². The number of allylic oxidation sites excluding steroid dienone is 1. The number of nitrogens with zero attached hydrogens (tertiary/aromatic N) is 3. The molecule has 0 aromatic heterocycles. The van der Waals surface area contributed by atoms with Crippen LogP contribution in [0.4, 0.5) is 14.5 Å². The van der Waals surface area contributed by atoms with Gasteiger partial charge in [0.2, 0.25) is 5.91 Å². The number of hydrogen-bond acceptors (Lipinski definition) is 3. The number of hydrogen-bond donors (Lipinski definition) is 0. The Kier molecular flexibility index (Phi) is 8.74. The fraction of sp³-hybridized carbons (Fsp3) is 0.364. The van der Waals surface area contributed by atoms with E-state index in [-0.39, 0.29) is 23.0 Å². The Labute approximate surface area is 251 Å². The van der Waals surface area contributed by atoms with Gasteiger partial charge in [0.15, 0.2) is 0 Å². The monoisotopic (exact) mass is 597 g/mol. The SMILES string of the molecule is C=C1CC2(CCN(CCC(C(=O)N(C)Cc3ccc(F)cc3)c3ccc(Cl)c(Cl)c3)CC2)c2cc(F)ccc2N1C. The number of piperidine rings is 1. The van der Waals surface area contributed by atoms with E-state index in [2.05, 4.69) is 16.4 Å². The molecular formula is C33H35Cl2F2N3O. The summed E-state index contributed by atoms with van der Waals surface area (Å²) in [6.45, 7) is 7.10. The average molecular weight is 599 g/mol. The van der Waals surface area contributed by atoms with Crippen LogP contribution >= 0.6 is 23.2 Å². The van der Waals surface area contributed by atoms with Gasteiger partial charge in [-0.2, -0.15) is 0 Å². The van der Waals surface area contributed by atoms with Crippen molar-refractivity contribution in [2.24, 2.45) is 0 Å². The Hall–Kier alpha value is -2.93. The van der Waals surface area contributed by atoms with Gasteiger partial charge in [-0.05, 0) is 104 Å². The molecule has 0 radical (unpaired) electrons. The zero-order chi connectivity index (χ0) is 29.3. The Bertz CT molecular complexity index is 1440. The fourth-order valence-electron chi connectivity index (χ4n) is 6.33. The number of likely N-dealkylation sites (tertiary alicyclic amines) is 1. The molecule has 1 unspecified atom stereocenters. The van der Waals surface area contributed by atoms with Gasteiger partial charge in [-0.15, -0.1) is 0 Å². The predicted molar refractivity (Wildman–Crippen MR) is 163 cm³/mol. The van der Waals surface area contributed by atoms with Crippen molar-refractivity contribution in [3.05, 3.63) is 111 Å². The summed E-state index contributed by atoms with van der Waals surface area (Å²) >= 11 is 12.5. The lowest BCUT2D eigenvalue weighted by Gasteiger charge is -2.48. The van der Waals surface area contributed by atoms with Crippen LogP contribution in [0.15, 0.2) is 72.9 Å².